The zero-order valence-corrected chi connectivity index (χ0v) is 11.3. The fraction of sp³-hybridized carbons (Fsp3) is 0.900. The molecular weight excluding hydrogens is 231 g/mol. The van der Waals surface area contributed by atoms with E-state index in [0.29, 0.717) is 0 Å². The van der Waals surface area contributed by atoms with Crippen LogP contribution in [0.4, 0.5) is 0 Å². The Balaban J connectivity index is 5.04. The summed E-state index contributed by atoms with van der Waals surface area (Å²) in [6.07, 6.45) is -0.308. The van der Waals surface area contributed by atoms with E-state index in [-0.39, 0.29) is 12.1 Å². The molecule has 0 aromatic carbocycles. The minimum absolute atomic E-state index is 0.308. The predicted octanol–water partition coefficient (Wildman–Crippen LogP) is 1.94. The van der Waals surface area contributed by atoms with E-state index in [4.69, 9.17) is 14.9 Å². The molecule has 0 aliphatic rings. The fourth-order valence-electron chi connectivity index (χ4n) is 1.83. The zero-order chi connectivity index (χ0) is 13.4. The van der Waals surface area contributed by atoms with Gasteiger partial charge >= 0.3 is 13.6 Å². The summed E-state index contributed by atoms with van der Waals surface area (Å²) in [6, 6.07) is 0. The molecule has 0 heterocycles. The third kappa shape index (κ3) is 3.89. The molecule has 0 amide bonds. The molecule has 0 saturated heterocycles. The quantitative estimate of drug-likeness (QED) is 0.650. The van der Waals surface area contributed by atoms with Crippen molar-refractivity contribution in [3.05, 3.63) is 0 Å². The Bertz CT molecular complexity index is 315. The van der Waals surface area contributed by atoms with E-state index >= 15 is 0 Å². The predicted molar refractivity (Wildman–Crippen MR) is 61.3 cm³/mol. The molecule has 6 heteroatoms. The Labute approximate surface area is 96.0 Å². The van der Waals surface area contributed by atoms with Crippen molar-refractivity contribution in [3.8, 4) is 0 Å². The van der Waals surface area contributed by atoms with Crippen molar-refractivity contribution < 1.29 is 24.3 Å². The van der Waals surface area contributed by atoms with Crippen LogP contribution in [0.15, 0.2) is 0 Å². The minimum atomic E-state index is -4.13. The molecule has 3 N–H and O–H groups in total. The average Bonchev–Trinajstić information content (AvgIpc) is 1.97. The maximum Gasteiger partial charge on any atom is 0.326 e. The third-order valence-corrected chi connectivity index (χ3v) is 4.65. The SMILES string of the molecule is CC(C(C)(C)CP(=O)(O)O)C(C)(C)C(=O)O. The molecule has 0 fully saturated rings. The number of hydrogen-bond acceptors (Lipinski definition) is 2. The molecule has 16 heavy (non-hydrogen) atoms. The summed E-state index contributed by atoms with van der Waals surface area (Å²) in [5.41, 5.74) is -1.75. The number of rotatable bonds is 5. The minimum Gasteiger partial charge on any atom is -0.481 e. The van der Waals surface area contributed by atoms with Gasteiger partial charge in [-0.2, -0.15) is 0 Å². The topological polar surface area (TPSA) is 94.8 Å². The molecule has 0 aliphatic heterocycles. The van der Waals surface area contributed by atoms with Crippen LogP contribution in [0, 0.1) is 16.7 Å². The molecule has 0 aromatic heterocycles. The highest BCUT2D eigenvalue weighted by atomic mass is 31.2. The molecule has 0 spiro atoms. The summed E-state index contributed by atoms with van der Waals surface area (Å²) in [5.74, 6) is -1.32. The zero-order valence-electron chi connectivity index (χ0n) is 10.4. The Morgan fingerprint density at radius 3 is 1.88 bits per heavy atom. The molecule has 96 valence electrons. The van der Waals surface area contributed by atoms with Gasteiger partial charge < -0.3 is 14.9 Å². The van der Waals surface area contributed by atoms with E-state index in [1.54, 1.807) is 34.6 Å². The largest absolute Gasteiger partial charge is 0.481 e. The number of hydrogen-bond donors (Lipinski definition) is 3. The van der Waals surface area contributed by atoms with Crippen LogP contribution in [-0.2, 0) is 9.36 Å². The van der Waals surface area contributed by atoms with Crippen LogP contribution in [0.2, 0.25) is 0 Å². The van der Waals surface area contributed by atoms with Gasteiger partial charge in [0.15, 0.2) is 0 Å². The van der Waals surface area contributed by atoms with Crippen LogP contribution in [0.5, 0.6) is 0 Å². The summed E-state index contributed by atoms with van der Waals surface area (Å²) in [7, 11) is -4.13. The van der Waals surface area contributed by atoms with Gasteiger partial charge in [-0.25, -0.2) is 0 Å². The fourth-order valence-corrected chi connectivity index (χ4v) is 3.17. The molecule has 1 unspecified atom stereocenters. The molecule has 1 atom stereocenters. The number of carbonyl (C=O) groups is 1. The maximum atomic E-state index is 11.1. The van der Waals surface area contributed by atoms with Gasteiger partial charge in [0.2, 0.25) is 0 Å². The van der Waals surface area contributed by atoms with Crippen LogP contribution in [0.3, 0.4) is 0 Å². The van der Waals surface area contributed by atoms with Crippen LogP contribution in [0.25, 0.3) is 0 Å². The van der Waals surface area contributed by atoms with Gasteiger partial charge in [0.05, 0.1) is 11.6 Å². The lowest BCUT2D eigenvalue weighted by atomic mass is 9.67. The van der Waals surface area contributed by atoms with Gasteiger partial charge in [-0.1, -0.05) is 20.8 Å². The van der Waals surface area contributed by atoms with Gasteiger partial charge in [0, 0.05) is 0 Å². The molecule has 0 aromatic rings. The summed E-state index contributed by atoms with van der Waals surface area (Å²) >= 11 is 0. The highest BCUT2D eigenvalue weighted by Gasteiger charge is 2.44. The Kier molecular flexibility index (Phi) is 4.37. The van der Waals surface area contributed by atoms with Crippen LogP contribution < -0.4 is 0 Å². The van der Waals surface area contributed by atoms with E-state index in [2.05, 4.69) is 0 Å². The summed E-state index contributed by atoms with van der Waals surface area (Å²) in [4.78, 5) is 29.0. The van der Waals surface area contributed by atoms with Crippen molar-refractivity contribution in [2.45, 2.75) is 34.6 Å². The summed E-state index contributed by atoms with van der Waals surface area (Å²) in [5, 5.41) is 9.08. The lowest BCUT2D eigenvalue weighted by Crippen LogP contribution is -2.41. The van der Waals surface area contributed by atoms with Crippen LogP contribution in [0.1, 0.15) is 34.6 Å². The number of aliphatic carboxylic acids is 1. The second-order valence-electron chi connectivity index (χ2n) is 5.56. The maximum absolute atomic E-state index is 11.1. The Morgan fingerprint density at radius 1 is 1.25 bits per heavy atom. The normalized spacial score (nSPS) is 15.9. The van der Waals surface area contributed by atoms with Crippen molar-refractivity contribution in [1.29, 1.82) is 0 Å². The third-order valence-electron chi connectivity index (χ3n) is 3.42. The van der Waals surface area contributed by atoms with Crippen molar-refractivity contribution in [2.75, 3.05) is 6.16 Å². The van der Waals surface area contributed by atoms with Gasteiger partial charge in [-0.3, -0.25) is 9.36 Å². The van der Waals surface area contributed by atoms with Gasteiger partial charge in [-0.05, 0) is 25.2 Å². The molecular formula is C10H21O5P. The average molecular weight is 252 g/mol. The first-order valence-electron chi connectivity index (χ1n) is 5.08. The second-order valence-corrected chi connectivity index (χ2v) is 7.21. The Morgan fingerprint density at radius 2 is 1.62 bits per heavy atom. The standard InChI is InChI=1S/C10H21O5P/c1-7(10(4,5)8(11)12)9(2,3)6-16(13,14)15/h7H,6H2,1-5H3,(H,11,12)(H2,13,14,15). The first kappa shape index (κ1) is 15.6. The smallest absolute Gasteiger partial charge is 0.326 e. The van der Waals surface area contributed by atoms with Crippen molar-refractivity contribution in [1.82, 2.24) is 0 Å². The Hall–Kier alpha value is -0.380. The van der Waals surface area contributed by atoms with Crippen LogP contribution in [-0.4, -0.2) is 27.0 Å². The van der Waals surface area contributed by atoms with E-state index in [1.807, 2.05) is 0 Å². The lowest BCUT2D eigenvalue weighted by molar-refractivity contribution is -0.152. The first-order valence-corrected chi connectivity index (χ1v) is 6.88. The molecule has 0 rings (SSSR count). The molecule has 0 radical (unpaired) electrons. The van der Waals surface area contributed by atoms with Crippen molar-refractivity contribution in [3.63, 3.8) is 0 Å². The number of carboxylic acids is 1. The summed E-state index contributed by atoms with van der Waals surface area (Å²) < 4.78 is 11.0. The van der Waals surface area contributed by atoms with Crippen molar-refractivity contribution >= 4 is 13.6 Å². The second kappa shape index (κ2) is 4.47. The van der Waals surface area contributed by atoms with Gasteiger partial charge in [0.25, 0.3) is 0 Å². The molecule has 5 nitrogen and oxygen atoms in total. The molecule has 0 saturated carbocycles. The van der Waals surface area contributed by atoms with E-state index < -0.39 is 24.4 Å². The lowest BCUT2D eigenvalue weighted by Gasteiger charge is -2.40. The highest BCUT2D eigenvalue weighted by Crippen LogP contribution is 2.49. The number of carboxylic acid groups (broad SMARTS) is 1. The monoisotopic (exact) mass is 252 g/mol. The molecule has 0 aliphatic carbocycles. The first-order chi connectivity index (χ1) is 6.81. The van der Waals surface area contributed by atoms with Gasteiger partial charge in [-0.15, -0.1) is 0 Å². The van der Waals surface area contributed by atoms with Gasteiger partial charge in [0.1, 0.15) is 0 Å². The van der Waals surface area contributed by atoms with Crippen molar-refractivity contribution in [2.24, 2.45) is 16.7 Å². The van der Waals surface area contributed by atoms with Crippen LogP contribution >= 0.6 is 7.60 Å². The van der Waals surface area contributed by atoms with E-state index in [0.717, 1.165) is 0 Å². The highest BCUT2D eigenvalue weighted by molar-refractivity contribution is 7.51. The molecule has 0 bridgehead atoms. The van der Waals surface area contributed by atoms with E-state index in [9.17, 15) is 9.36 Å². The summed E-state index contributed by atoms with van der Waals surface area (Å²) in [6.45, 7) is 8.22. The van der Waals surface area contributed by atoms with E-state index in [1.165, 1.54) is 0 Å².